The van der Waals surface area contributed by atoms with E-state index < -0.39 is 0 Å². The van der Waals surface area contributed by atoms with Gasteiger partial charge in [0.25, 0.3) is 0 Å². The maximum Gasteiger partial charge on any atom is 0.305 e. The van der Waals surface area contributed by atoms with Crippen molar-refractivity contribution in [3.8, 4) is 5.75 Å². The van der Waals surface area contributed by atoms with Crippen molar-refractivity contribution in [3.05, 3.63) is 44.4 Å². The molecule has 5 rings (SSSR count). The molecule has 1 N–H and O–H groups in total. The average molecular weight is 317 g/mol. The van der Waals surface area contributed by atoms with Gasteiger partial charge in [-0.05, 0) is 25.3 Å². The van der Waals surface area contributed by atoms with Crippen LogP contribution in [-0.4, -0.2) is 16.3 Å². The first kappa shape index (κ1) is 12.4. The SMILES string of the molecule is O=c1[nH]c2c(s1)[C@H]1c3ccccc3O[C@@H]3CCC[C@@H](S2)[C@H]13. The fourth-order valence-corrected chi connectivity index (χ4v) is 6.86. The lowest BCUT2D eigenvalue weighted by Crippen LogP contribution is -2.46. The molecule has 1 aromatic carbocycles. The Labute approximate surface area is 130 Å². The second kappa shape index (κ2) is 4.40. The van der Waals surface area contributed by atoms with Gasteiger partial charge in [0, 0.05) is 27.5 Å². The smallest absolute Gasteiger partial charge is 0.305 e. The lowest BCUT2D eigenvalue weighted by atomic mass is 9.72. The highest BCUT2D eigenvalue weighted by Gasteiger charge is 2.50. The topological polar surface area (TPSA) is 42.1 Å². The zero-order valence-electron chi connectivity index (χ0n) is 11.4. The summed E-state index contributed by atoms with van der Waals surface area (Å²) in [6.07, 6.45) is 3.89. The summed E-state index contributed by atoms with van der Waals surface area (Å²) in [5.74, 6) is 1.87. The minimum absolute atomic E-state index is 0.0756. The van der Waals surface area contributed by atoms with Gasteiger partial charge in [-0.1, -0.05) is 29.5 Å². The highest BCUT2D eigenvalue weighted by molar-refractivity contribution is 8.00. The highest BCUT2D eigenvalue weighted by Crippen LogP contribution is 2.57. The Balaban J connectivity index is 1.77. The van der Waals surface area contributed by atoms with Crippen LogP contribution in [0.4, 0.5) is 0 Å². The number of benzene rings is 1. The summed E-state index contributed by atoms with van der Waals surface area (Å²) in [4.78, 5) is 16.2. The monoisotopic (exact) mass is 317 g/mol. The third-order valence-electron chi connectivity index (χ3n) is 4.95. The standard InChI is InChI=1S/C16H15NO2S2/c18-16-17-15-14(21-16)12-8-4-1-2-5-9(8)19-10-6-3-7-11(20-15)13(10)12/h1-2,4-5,10-13H,3,6-7H2,(H,17,18)/t10-,11-,12+,13-/m1/s1. The van der Waals surface area contributed by atoms with Crippen LogP contribution in [-0.2, 0) is 0 Å². The predicted octanol–water partition coefficient (Wildman–Crippen LogP) is 3.60. The molecule has 0 unspecified atom stereocenters. The fourth-order valence-electron chi connectivity index (χ4n) is 4.15. The number of fused-ring (bicyclic) bond motifs is 4. The van der Waals surface area contributed by atoms with Crippen LogP contribution in [0.1, 0.15) is 35.6 Å². The summed E-state index contributed by atoms with van der Waals surface area (Å²) in [7, 11) is 0. The van der Waals surface area contributed by atoms with Gasteiger partial charge in [-0.2, -0.15) is 0 Å². The lowest BCUT2D eigenvalue weighted by molar-refractivity contribution is 0.0666. The Kier molecular flexibility index (Phi) is 2.59. The van der Waals surface area contributed by atoms with Gasteiger partial charge in [-0.3, -0.25) is 4.79 Å². The molecule has 1 aromatic heterocycles. The van der Waals surface area contributed by atoms with Gasteiger partial charge in [0.05, 0.1) is 5.03 Å². The average Bonchev–Trinajstić information content (AvgIpc) is 2.87. The molecule has 5 heteroatoms. The minimum atomic E-state index is 0.0756. The molecular weight excluding hydrogens is 302 g/mol. The van der Waals surface area contributed by atoms with Crippen molar-refractivity contribution in [2.24, 2.45) is 5.92 Å². The highest BCUT2D eigenvalue weighted by atomic mass is 32.2. The molecule has 21 heavy (non-hydrogen) atoms. The summed E-state index contributed by atoms with van der Waals surface area (Å²) in [5, 5.41) is 1.67. The van der Waals surface area contributed by atoms with Crippen LogP contribution in [0.3, 0.4) is 0 Å². The van der Waals surface area contributed by atoms with Gasteiger partial charge in [0.1, 0.15) is 11.9 Å². The van der Waals surface area contributed by atoms with Crippen molar-refractivity contribution < 1.29 is 4.74 Å². The number of aromatic nitrogens is 1. The number of rotatable bonds is 0. The molecular formula is C16H15NO2S2. The first-order valence-corrected chi connectivity index (χ1v) is 9.16. The molecule has 1 aliphatic carbocycles. The normalized spacial score (nSPS) is 32.6. The van der Waals surface area contributed by atoms with Crippen LogP contribution < -0.4 is 9.61 Å². The Morgan fingerprint density at radius 3 is 3.10 bits per heavy atom. The summed E-state index contributed by atoms with van der Waals surface area (Å²) >= 11 is 3.26. The van der Waals surface area contributed by atoms with E-state index in [-0.39, 0.29) is 4.87 Å². The predicted molar refractivity (Wildman–Crippen MR) is 84.6 cm³/mol. The number of thioether (sulfide) groups is 1. The van der Waals surface area contributed by atoms with Crippen LogP contribution in [0.15, 0.2) is 34.1 Å². The molecule has 0 spiro atoms. The molecule has 1 fully saturated rings. The third-order valence-corrected chi connectivity index (χ3v) is 7.45. The molecule has 2 aliphatic heterocycles. The fraction of sp³-hybridized carbons (Fsp3) is 0.438. The molecule has 0 bridgehead atoms. The van der Waals surface area contributed by atoms with Crippen molar-refractivity contribution in [2.75, 3.05) is 0 Å². The zero-order valence-corrected chi connectivity index (χ0v) is 13.0. The molecule has 0 saturated heterocycles. The van der Waals surface area contributed by atoms with E-state index in [2.05, 4.69) is 23.2 Å². The first-order valence-electron chi connectivity index (χ1n) is 7.46. The number of nitrogens with one attached hydrogen (secondary N) is 1. The second-order valence-electron chi connectivity index (χ2n) is 6.04. The van der Waals surface area contributed by atoms with Gasteiger partial charge in [-0.25, -0.2) is 0 Å². The van der Waals surface area contributed by atoms with Crippen LogP contribution in [0, 0.1) is 5.92 Å². The third kappa shape index (κ3) is 1.70. The van der Waals surface area contributed by atoms with Crippen LogP contribution in [0.2, 0.25) is 0 Å². The number of hydrogen-bond donors (Lipinski definition) is 1. The Hall–Kier alpha value is -1.20. The van der Waals surface area contributed by atoms with E-state index in [1.807, 2.05) is 17.8 Å². The molecule has 1 saturated carbocycles. The molecule has 4 atom stereocenters. The van der Waals surface area contributed by atoms with Crippen LogP contribution in [0.5, 0.6) is 5.75 Å². The molecule has 2 aromatic rings. The van der Waals surface area contributed by atoms with E-state index >= 15 is 0 Å². The van der Waals surface area contributed by atoms with Crippen LogP contribution >= 0.6 is 23.1 Å². The number of thiazole rings is 1. The van der Waals surface area contributed by atoms with E-state index in [0.29, 0.717) is 23.2 Å². The summed E-state index contributed by atoms with van der Waals surface area (Å²) < 4.78 is 6.30. The Morgan fingerprint density at radius 2 is 2.14 bits per heavy atom. The zero-order chi connectivity index (χ0) is 14.0. The largest absolute Gasteiger partial charge is 0.490 e. The van der Waals surface area contributed by atoms with Crippen molar-refractivity contribution >= 4 is 23.1 Å². The van der Waals surface area contributed by atoms with E-state index in [1.54, 1.807) is 0 Å². The van der Waals surface area contributed by atoms with Crippen molar-refractivity contribution in [1.29, 1.82) is 0 Å². The maximum atomic E-state index is 11.9. The minimum Gasteiger partial charge on any atom is -0.490 e. The quantitative estimate of drug-likeness (QED) is 0.807. The second-order valence-corrected chi connectivity index (χ2v) is 8.31. The molecule has 3 aliphatic rings. The molecule has 0 amide bonds. The van der Waals surface area contributed by atoms with E-state index in [1.165, 1.54) is 34.6 Å². The van der Waals surface area contributed by atoms with Gasteiger partial charge < -0.3 is 9.72 Å². The molecule has 3 nitrogen and oxygen atoms in total. The number of H-pyrrole nitrogens is 1. The Morgan fingerprint density at radius 1 is 1.24 bits per heavy atom. The first-order chi connectivity index (χ1) is 10.3. The molecule has 3 heterocycles. The number of ether oxygens (including phenoxy) is 1. The van der Waals surface area contributed by atoms with Gasteiger partial charge in [-0.15, -0.1) is 11.8 Å². The van der Waals surface area contributed by atoms with Crippen LogP contribution in [0.25, 0.3) is 0 Å². The summed E-state index contributed by atoms with van der Waals surface area (Å²) in [6.45, 7) is 0. The van der Waals surface area contributed by atoms with Gasteiger partial charge in [0.2, 0.25) is 0 Å². The van der Waals surface area contributed by atoms with Gasteiger partial charge in [0.15, 0.2) is 0 Å². The molecule has 0 radical (unpaired) electrons. The van der Waals surface area contributed by atoms with E-state index in [9.17, 15) is 4.79 Å². The number of para-hydroxylation sites is 1. The van der Waals surface area contributed by atoms with Gasteiger partial charge >= 0.3 is 4.87 Å². The lowest BCUT2D eigenvalue weighted by Gasteiger charge is -2.48. The van der Waals surface area contributed by atoms with Crippen molar-refractivity contribution in [2.45, 2.75) is 41.6 Å². The van der Waals surface area contributed by atoms with E-state index in [4.69, 9.17) is 4.74 Å². The Bertz CT molecular complexity index is 766. The van der Waals surface area contributed by atoms with Crippen molar-refractivity contribution in [3.63, 3.8) is 0 Å². The number of hydrogen-bond acceptors (Lipinski definition) is 4. The molecule has 108 valence electrons. The van der Waals surface area contributed by atoms with Crippen molar-refractivity contribution in [1.82, 2.24) is 4.98 Å². The maximum absolute atomic E-state index is 11.9. The summed E-state index contributed by atoms with van der Waals surface area (Å²) in [6, 6.07) is 8.37. The van der Waals surface area contributed by atoms with E-state index in [0.717, 1.165) is 17.2 Å². The summed E-state index contributed by atoms with van der Waals surface area (Å²) in [5.41, 5.74) is 1.27. The number of aromatic amines is 1.